The molecule has 1 aromatic carbocycles. The molecule has 1 saturated heterocycles. The third-order valence-corrected chi connectivity index (χ3v) is 4.71. The third-order valence-electron chi connectivity index (χ3n) is 3.78. The summed E-state index contributed by atoms with van der Waals surface area (Å²) in [6.45, 7) is 2.36. The molecular formula is C15H22N4O4S. The van der Waals surface area contributed by atoms with Gasteiger partial charge in [-0.25, -0.2) is 13.6 Å². The van der Waals surface area contributed by atoms with E-state index in [1.54, 1.807) is 0 Å². The van der Waals surface area contributed by atoms with E-state index in [0.717, 1.165) is 12.8 Å². The normalized spacial score (nSPS) is 18.5. The molecule has 0 saturated carbocycles. The molecule has 0 spiro atoms. The van der Waals surface area contributed by atoms with Crippen LogP contribution in [-0.2, 0) is 19.6 Å². The van der Waals surface area contributed by atoms with Gasteiger partial charge in [-0.2, -0.15) is 0 Å². The number of amides is 2. The Morgan fingerprint density at radius 3 is 2.58 bits per heavy atom. The fourth-order valence-corrected chi connectivity index (χ4v) is 3.05. The Morgan fingerprint density at radius 2 is 2.04 bits per heavy atom. The van der Waals surface area contributed by atoms with Gasteiger partial charge in [-0.3, -0.25) is 14.9 Å². The molecule has 4 N–H and O–H groups in total. The van der Waals surface area contributed by atoms with E-state index < -0.39 is 10.0 Å². The molecule has 9 heteroatoms. The number of sulfonamides is 1. The first-order chi connectivity index (χ1) is 11.3. The first kappa shape index (κ1) is 18.4. The Labute approximate surface area is 141 Å². The number of hydrogen-bond acceptors (Lipinski definition) is 5. The molecule has 0 aliphatic carbocycles. The lowest BCUT2D eigenvalue weighted by Crippen LogP contribution is -2.52. The van der Waals surface area contributed by atoms with Crippen molar-refractivity contribution in [2.45, 2.75) is 37.1 Å². The van der Waals surface area contributed by atoms with Crippen molar-refractivity contribution in [3.8, 4) is 0 Å². The molecule has 1 unspecified atom stereocenters. The van der Waals surface area contributed by atoms with Gasteiger partial charge in [-0.1, -0.05) is 13.3 Å². The maximum atomic E-state index is 12.0. The van der Waals surface area contributed by atoms with Crippen LogP contribution < -0.4 is 15.8 Å². The van der Waals surface area contributed by atoms with Gasteiger partial charge in [0, 0.05) is 18.2 Å². The molecule has 1 aliphatic heterocycles. The van der Waals surface area contributed by atoms with Crippen LogP contribution in [0.3, 0.4) is 0 Å². The number of nitrogens with two attached hydrogens (primary N) is 1. The lowest BCUT2D eigenvalue weighted by Gasteiger charge is -2.32. The monoisotopic (exact) mass is 354 g/mol. The second-order valence-corrected chi connectivity index (χ2v) is 7.32. The number of anilines is 1. The number of primary sulfonamides is 1. The zero-order chi connectivity index (χ0) is 17.7. The first-order valence-electron chi connectivity index (χ1n) is 7.73. The summed E-state index contributed by atoms with van der Waals surface area (Å²) in [7, 11) is -3.76. The van der Waals surface area contributed by atoms with Gasteiger partial charge in [-0.15, -0.1) is 0 Å². The summed E-state index contributed by atoms with van der Waals surface area (Å²) in [5.41, 5.74) is 0.439. The van der Waals surface area contributed by atoms with E-state index in [0.29, 0.717) is 18.8 Å². The maximum Gasteiger partial charge on any atom is 0.244 e. The quantitative estimate of drug-likeness (QED) is 0.675. The van der Waals surface area contributed by atoms with E-state index in [9.17, 15) is 18.0 Å². The van der Waals surface area contributed by atoms with Crippen LogP contribution in [0.4, 0.5) is 5.69 Å². The Kier molecular flexibility index (Phi) is 5.92. The SMILES string of the molecule is CCCC1CC(=O)N(CC(=O)Nc2ccc(S(N)(=O)=O)cc2)CN1. The minimum Gasteiger partial charge on any atom is -0.325 e. The summed E-state index contributed by atoms with van der Waals surface area (Å²) in [5, 5.41) is 10.9. The Hall–Kier alpha value is -1.97. The molecule has 1 aliphatic rings. The Morgan fingerprint density at radius 1 is 1.38 bits per heavy atom. The van der Waals surface area contributed by atoms with Crippen molar-refractivity contribution < 1.29 is 18.0 Å². The van der Waals surface area contributed by atoms with E-state index in [-0.39, 0.29) is 29.3 Å². The molecule has 24 heavy (non-hydrogen) atoms. The van der Waals surface area contributed by atoms with Gasteiger partial charge in [0.2, 0.25) is 21.8 Å². The average Bonchev–Trinajstić information content (AvgIpc) is 2.50. The number of nitrogens with zero attached hydrogens (tertiary/aromatic N) is 1. The van der Waals surface area contributed by atoms with Gasteiger partial charge < -0.3 is 10.2 Å². The van der Waals surface area contributed by atoms with Crippen molar-refractivity contribution in [3.05, 3.63) is 24.3 Å². The second-order valence-electron chi connectivity index (χ2n) is 5.76. The Balaban J connectivity index is 1.88. The second kappa shape index (κ2) is 7.73. The van der Waals surface area contributed by atoms with Crippen molar-refractivity contribution >= 4 is 27.5 Å². The molecule has 1 atom stereocenters. The van der Waals surface area contributed by atoms with E-state index in [1.165, 1.54) is 29.2 Å². The minimum atomic E-state index is -3.76. The lowest BCUT2D eigenvalue weighted by molar-refractivity contribution is -0.138. The molecule has 1 fully saturated rings. The Bertz CT molecular complexity index is 703. The largest absolute Gasteiger partial charge is 0.325 e. The first-order valence-corrected chi connectivity index (χ1v) is 9.28. The van der Waals surface area contributed by atoms with Gasteiger partial charge in [0.1, 0.15) is 6.54 Å². The van der Waals surface area contributed by atoms with Gasteiger partial charge in [0.05, 0.1) is 11.6 Å². The summed E-state index contributed by atoms with van der Waals surface area (Å²) in [6.07, 6.45) is 2.33. The predicted octanol–water partition coefficient (Wildman–Crippen LogP) is 0.221. The molecule has 132 valence electrons. The number of rotatable bonds is 6. The average molecular weight is 354 g/mol. The summed E-state index contributed by atoms with van der Waals surface area (Å²) in [4.78, 5) is 25.5. The van der Waals surface area contributed by atoms with Crippen LogP contribution in [0.25, 0.3) is 0 Å². The van der Waals surface area contributed by atoms with Crippen molar-refractivity contribution in [1.82, 2.24) is 10.2 Å². The van der Waals surface area contributed by atoms with E-state index in [1.807, 2.05) is 0 Å². The lowest BCUT2D eigenvalue weighted by atomic mass is 10.1. The fourth-order valence-electron chi connectivity index (χ4n) is 2.54. The fraction of sp³-hybridized carbons (Fsp3) is 0.467. The molecule has 8 nitrogen and oxygen atoms in total. The molecule has 1 aromatic rings. The van der Waals surface area contributed by atoms with Crippen LogP contribution in [0.15, 0.2) is 29.2 Å². The van der Waals surface area contributed by atoms with Crippen LogP contribution in [0.5, 0.6) is 0 Å². The van der Waals surface area contributed by atoms with Gasteiger partial charge in [-0.05, 0) is 30.7 Å². The minimum absolute atomic E-state index is 0.0297. The molecular weight excluding hydrogens is 332 g/mol. The number of carbonyl (C=O) groups excluding carboxylic acids is 2. The summed E-state index contributed by atoms with van der Waals surface area (Å²) < 4.78 is 22.4. The number of carbonyl (C=O) groups is 2. The van der Waals surface area contributed by atoms with Crippen LogP contribution >= 0.6 is 0 Å². The van der Waals surface area contributed by atoms with Crippen molar-refractivity contribution in [1.29, 1.82) is 0 Å². The maximum absolute atomic E-state index is 12.0. The van der Waals surface area contributed by atoms with Crippen LogP contribution in [0, 0.1) is 0 Å². The zero-order valence-corrected chi connectivity index (χ0v) is 14.3. The van der Waals surface area contributed by atoms with Crippen molar-refractivity contribution in [3.63, 3.8) is 0 Å². The van der Waals surface area contributed by atoms with E-state index >= 15 is 0 Å². The number of benzene rings is 1. The molecule has 0 bridgehead atoms. The highest BCUT2D eigenvalue weighted by Crippen LogP contribution is 2.13. The van der Waals surface area contributed by atoms with Gasteiger partial charge >= 0.3 is 0 Å². The van der Waals surface area contributed by atoms with Crippen LogP contribution in [0.2, 0.25) is 0 Å². The number of hydrogen-bond donors (Lipinski definition) is 3. The summed E-state index contributed by atoms with van der Waals surface area (Å²) in [6, 6.07) is 5.70. The topological polar surface area (TPSA) is 122 Å². The van der Waals surface area contributed by atoms with E-state index in [2.05, 4.69) is 17.6 Å². The highest BCUT2D eigenvalue weighted by atomic mass is 32.2. The molecule has 2 rings (SSSR count). The standard InChI is InChI=1S/C15H22N4O4S/c1-2-3-12-8-15(21)19(10-17-12)9-14(20)18-11-4-6-13(7-5-11)24(16,22)23/h4-7,12,17H,2-3,8-10H2,1H3,(H,18,20)(H2,16,22,23). The van der Waals surface area contributed by atoms with Gasteiger partial charge in [0.15, 0.2) is 0 Å². The van der Waals surface area contributed by atoms with E-state index in [4.69, 9.17) is 5.14 Å². The third kappa shape index (κ3) is 5.02. The van der Waals surface area contributed by atoms with Crippen LogP contribution in [-0.4, -0.2) is 44.4 Å². The predicted molar refractivity (Wildman–Crippen MR) is 89.5 cm³/mol. The zero-order valence-electron chi connectivity index (χ0n) is 13.5. The van der Waals surface area contributed by atoms with Crippen molar-refractivity contribution in [2.75, 3.05) is 18.5 Å². The smallest absolute Gasteiger partial charge is 0.244 e. The highest BCUT2D eigenvalue weighted by Gasteiger charge is 2.26. The molecule has 0 aromatic heterocycles. The van der Waals surface area contributed by atoms with Crippen molar-refractivity contribution in [2.24, 2.45) is 5.14 Å². The molecule has 2 amide bonds. The molecule has 1 heterocycles. The number of nitrogens with one attached hydrogen (secondary N) is 2. The summed E-state index contributed by atoms with van der Waals surface area (Å²) >= 11 is 0. The molecule has 0 radical (unpaired) electrons. The van der Waals surface area contributed by atoms with Crippen LogP contribution in [0.1, 0.15) is 26.2 Å². The highest BCUT2D eigenvalue weighted by molar-refractivity contribution is 7.89. The summed E-state index contributed by atoms with van der Waals surface area (Å²) in [5.74, 6) is -0.394. The van der Waals surface area contributed by atoms with Gasteiger partial charge in [0.25, 0.3) is 0 Å².